The van der Waals surface area contributed by atoms with Crippen LogP contribution in [0.4, 0.5) is 0 Å². The van der Waals surface area contributed by atoms with Crippen molar-refractivity contribution in [2.24, 2.45) is 11.7 Å². The van der Waals surface area contributed by atoms with Gasteiger partial charge in [0.2, 0.25) is 0 Å². The summed E-state index contributed by atoms with van der Waals surface area (Å²) in [5, 5.41) is 2.83. The van der Waals surface area contributed by atoms with E-state index in [1.54, 1.807) is 12.1 Å². The van der Waals surface area contributed by atoms with E-state index in [0.29, 0.717) is 23.7 Å². The number of aromatic nitrogens is 1. The van der Waals surface area contributed by atoms with Gasteiger partial charge in [-0.1, -0.05) is 32.5 Å². The zero-order valence-electron chi connectivity index (χ0n) is 10.1. The minimum Gasteiger partial charge on any atom is -0.389 e. The molecule has 0 aliphatic heterocycles. The normalized spacial score (nSPS) is 11.9. The fourth-order valence-electron chi connectivity index (χ4n) is 1.18. The Kier molecular flexibility index (Phi) is 5.03. The lowest BCUT2D eigenvalue weighted by atomic mass is 10.1. The van der Waals surface area contributed by atoms with Crippen LogP contribution in [-0.4, -0.2) is 22.4 Å². The molecule has 0 spiro atoms. The Morgan fingerprint density at radius 3 is 2.76 bits per heavy atom. The topological polar surface area (TPSA) is 68.0 Å². The SMILES string of the molecule is CCC(C)CNC(=O)c1ccc(C(N)=S)cn1. The van der Waals surface area contributed by atoms with Crippen LogP contribution in [0, 0.1) is 5.92 Å². The van der Waals surface area contributed by atoms with Crippen LogP contribution in [0.2, 0.25) is 0 Å². The lowest BCUT2D eigenvalue weighted by Gasteiger charge is -2.09. The Morgan fingerprint density at radius 1 is 1.59 bits per heavy atom. The number of carbonyl (C=O) groups excluding carboxylic acids is 1. The summed E-state index contributed by atoms with van der Waals surface area (Å²) in [4.78, 5) is 16.0. The summed E-state index contributed by atoms with van der Waals surface area (Å²) >= 11 is 4.81. The number of hydrogen-bond acceptors (Lipinski definition) is 3. The zero-order valence-corrected chi connectivity index (χ0v) is 10.9. The van der Waals surface area contributed by atoms with Gasteiger partial charge in [0.1, 0.15) is 10.7 Å². The molecule has 3 N–H and O–H groups in total. The number of hydrogen-bond donors (Lipinski definition) is 2. The highest BCUT2D eigenvalue weighted by molar-refractivity contribution is 7.80. The third kappa shape index (κ3) is 4.11. The predicted octanol–water partition coefficient (Wildman–Crippen LogP) is 1.49. The van der Waals surface area contributed by atoms with Crippen molar-refractivity contribution < 1.29 is 4.79 Å². The summed E-state index contributed by atoms with van der Waals surface area (Å²) in [6, 6.07) is 3.33. The van der Waals surface area contributed by atoms with Gasteiger partial charge in [0, 0.05) is 18.3 Å². The molecular weight excluding hydrogens is 234 g/mol. The van der Waals surface area contributed by atoms with E-state index in [-0.39, 0.29) is 10.9 Å². The Balaban J connectivity index is 2.61. The fourth-order valence-corrected chi connectivity index (χ4v) is 1.30. The third-order valence-electron chi connectivity index (χ3n) is 2.59. The number of nitrogens with two attached hydrogens (primary N) is 1. The van der Waals surface area contributed by atoms with E-state index in [4.69, 9.17) is 18.0 Å². The molecule has 0 radical (unpaired) electrons. The summed E-state index contributed by atoms with van der Waals surface area (Å²) in [5.41, 5.74) is 6.50. The number of nitrogens with zero attached hydrogens (tertiary/aromatic N) is 1. The maximum absolute atomic E-state index is 11.7. The second-order valence-electron chi connectivity index (χ2n) is 4.02. The first-order chi connectivity index (χ1) is 8.04. The van der Waals surface area contributed by atoms with Crippen molar-refractivity contribution in [1.29, 1.82) is 0 Å². The second kappa shape index (κ2) is 6.30. The van der Waals surface area contributed by atoms with E-state index in [9.17, 15) is 4.79 Å². The highest BCUT2D eigenvalue weighted by atomic mass is 32.1. The van der Waals surface area contributed by atoms with Gasteiger partial charge in [0.25, 0.3) is 5.91 Å². The van der Waals surface area contributed by atoms with Gasteiger partial charge in [-0.05, 0) is 18.1 Å². The van der Waals surface area contributed by atoms with Crippen molar-refractivity contribution >= 4 is 23.1 Å². The van der Waals surface area contributed by atoms with Crippen molar-refractivity contribution in [3.63, 3.8) is 0 Å². The lowest BCUT2D eigenvalue weighted by molar-refractivity contribution is 0.0943. The van der Waals surface area contributed by atoms with Crippen molar-refractivity contribution in [3.8, 4) is 0 Å². The molecule has 1 aromatic heterocycles. The van der Waals surface area contributed by atoms with Crippen LogP contribution in [0.1, 0.15) is 36.3 Å². The average molecular weight is 251 g/mol. The van der Waals surface area contributed by atoms with Crippen molar-refractivity contribution in [3.05, 3.63) is 29.6 Å². The van der Waals surface area contributed by atoms with Gasteiger partial charge in [0.15, 0.2) is 0 Å². The number of amides is 1. The number of rotatable bonds is 5. The van der Waals surface area contributed by atoms with Crippen molar-refractivity contribution in [1.82, 2.24) is 10.3 Å². The molecule has 0 aromatic carbocycles. The summed E-state index contributed by atoms with van der Waals surface area (Å²) in [6.07, 6.45) is 2.55. The Hall–Kier alpha value is -1.49. The lowest BCUT2D eigenvalue weighted by Crippen LogP contribution is -2.28. The van der Waals surface area contributed by atoms with Crippen molar-refractivity contribution in [2.45, 2.75) is 20.3 Å². The van der Waals surface area contributed by atoms with E-state index < -0.39 is 0 Å². The maximum atomic E-state index is 11.7. The highest BCUT2D eigenvalue weighted by Crippen LogP contribution is 2.02. The maximum Gasteiger partial charge on any atom is 0.269 e. The van der Waals surface area contributed by atoms with Crippen molar-refractivity contribution in [2.75, 3.05) is 6.54 Å². The molecule has 0 saturated heterocycles. The van der Waals surface area contributed by atoms with E-state index in [2.05, 4.69) is 24.1 Å². The molecule has 92 valence electrons. The molecule has 5 heteroatoms. The predicted molar refractivity (Wildman–Crippen MR) is 71.9 cm³/mol. The van der Waals surface area contributed by atoms with Gasteiger partial charge < -0.3 is 11.1 Å². The Morgan fingerprint density at radius 2 is 2.29 bits per heavy atom. The molecule has 0 aliphatic carbocycles. The van der Waals surface area contributed by atoms with Crippen LogP contribution in [0.3, 0.4) is 0 Å². The summed E-state index contributed by atoms with van der Waals surface area (Å²) in [7, 11) is 0. The number of pyridine rings is 1. The molecule has 0 saturated carbocycles. The monoisotopic (exact) mass is 251 g/mol. The summed E-state index contributed by atoms with van der Waals surface area (Å²) in [5.74, 6) is 0.301. The van der Waals surface area contributed by atoms with Crippen LogP contribution in [0.5, 0.6) is 0 Å². The first kappa shape index (κ1) is 13.6. The number of carbonyl (C=O) groups is 1. The molecule has 1 atom stereocenters. The van der Waals surface area contributed by atoms with Gasteiger partial charge in [-0.2, -0.15) is 0 Å². The van der Waals surface area contributed by atoms with E-state index in [0.717, 1.165) is 6.42 Å². The first-order valence-electron chi connectivity index (χ1n) is 5.58. The van der Waals surface area contributed by atoms with Gasteiger partial charge in [0.05, 0.1) is 0 Å². The van der Waals surface area contributed by atoms with Crippen LogP contribution in [-0.2, 0) is 0 Å². The largest absolute Gasteiger partial charge is 0.389 e. The quantitative estimate of drug-likeness (QED) is 0.778. The van der Waals surface area contributed by atoms with Crippen LogP contribution < -0.4 is 11.1 Å². The van der Waals surface area contributed by atoms with E-state index in [1.807, 2.05) is 0 Å². The zero-order chi connectivity index (χ0) is 12.8. The summed E-state index contributed by atoms with van der Waals surface area (Å²) in [6.45, 7) is 4.84. The Labute approximate surface area is 107 Å². The minimum atomic E-state index is -0.167. The second-order valence-corrected chi connectivity index (χ2v) is 4.46. The molecule has 0 bridgehead atoms. The molecule has 1 amide bonds. The number of nitrogens with one attached hydrogen (secondary N) is 1. The van der Waals surface area contributed by atoms with Gasteiger partial charge in [-0.3, -0.25) is 9.78 Å². The average Bonchev–Trinajstić information content (AvgIpc) is 2.35. The van der Waals surface area contributed by atoms with Crippen LogP contribution in [0.25, 0.3) is 0 Å². The Bertz CT molecular complexity index is 403. The molecule has 0 aliphatic rings. The third-order valence-corrected chi connectivity index (χ3v) is 2.82. The molecule has 17 heavy (non-hydrogen) atoms. The van der Waals surface area contributed by atoms with Crippen LogP contribution in [0.15, 0.2) is 18.3 Å². The standard InChI is InChI=1S/C12H17N3OS/c1-3-8(2)6-15-12(16)10-5-4-9(7-14-10)11(13)17/h4-5,7-8H,3,6H2,1-2H3,(H2,13,17)(H,15,16). The van der Waals surface area contributed by atoms with Gasteiger partial charge in [-0.15, -0.1) is 0 Å². The van der Waals surface area contributed by atoms with Gasteiger partial charge in [-0.25, -0.2) is 0 Å². The molecular formula is C12H17N3OS. The van der Waals surface area contributed by atoms with E-state index >= 15 is 0 Å². The molecule has 4 nitrogen and oxygen atoms in total. The highest BCUT2D eigenvalue weighted by Gasteiger charge is 2.08. The van der Waals surface area contributed by atoms with Crippen LogP contribution >= 0.6 is 12.2 Å². The van der Waals surface area contributed by atoms with E-state index in [1.165, 1.54) is 6.20 Å². The molecule has 1 heterocycles. The molecule has 1 unspecified atom stereocenters. The molecule has 0 fully saturated rings. The fraction of sp³-hybridized carbons (Fsp3) is 0.417. The molecule has 1 rings (SSSR count). The number of thiocarbonyl (C=S) groups is 1. The molecule has 1 aromatic rings. The summed E-state index contributed by atoms with van der Waals surface area (Å²) < 4.78 is 0. The first-order valence-corrected chi connectivity index (χ1v) is 5.99. The minimum absolute atomic E-state index is 0.167. The smallest absolute Gasteiger partial charge is 0.269 e. The van der Waals surface area contributed by atoms with Gasteiger partial charge >= 0.3 is 0 Å².